The monoisotopic (exact) mass is 370 g/mol. The van der Waals surface area contributed by atoms with Gasteiger partial charge in [0.05, 0.1) is 6.21 Å². The van der Waals surface area contributed by atoms with Crippen LogP contribution in [0.25, 0.3) is 0 Å². The van der Waals surface area contributed by atoms with Crippen molar-refractivity contribution in [3.8, 4) is 5.75 Å². The zero-order valence-electron chi connectivity index (χ0n) is 16.7. The SMILES string of the molecule is CC(C)(C)c1cc(/C=N\NC(=O)c2ccc(F)cc2)cc(C(C)(C)C)c1O. The molecule has 2 rings (SSSR count). The summed E-state index contributed by atoms with van der Waals surface area (Å²) in [5.41, 5.74) is 4.70. The maximum atomic E-state index is 12.9. The number of nitrogens with zero attached hydrogens (tertiary/aromatic N) is 1. The van der Waals surface area contributed by atoms with Crippen LogP contribution in [0.4, 0.5) is 4.39 Å². The number of carbonyl (C=O) groups is 1. The van der Waals surface area contributed by atoms with Crippen LogP contribution in [0.5, 0.6) is 5.75 Å². The summed E-state index contributed by atoms with van der Waals surface area (Å²) in [6.45, 7) is 12.2. The second kappa shape index (κ2) is 7.51. The highest BCUT2D eigenvalue weighted by molar-refractivity contribution is 5.94. The Morgan fingerprint density at radius 2 is 1.48 bits per heavy atom. The first-order valence-electron chi connectivity index (χ1n) is 8.86. The standard InChI is InChI=1S/C22H27FN2O2/c1-21(2,3)17-11-14(12-18(19(17)26)22(4,5)6)13-24-25-20(27)15-7-9-16(23)10-8-15/h7-13,26H,1-6H3,(H,25,27)/b24-13-. The number of aromatic hydroxyl groups is 1. The molecule has 4 nitrogen and oxygen atoms in total. The fourth-order valence-corrected chi connectivity index (χ4v) is 2.71. The van der Waals surface area contributed by atoms with Crippen LogP contribution in [0.2, 0.25) is 0 Å². The van der Waals surface area contributed by atoms with Crippen LogP contribution < -0.4 is 5.43 Å². The quantitative estimate of drug-likeness (QED) is 0.597. The van der Waals surface area contributed by atoms with E-state index in [2.05, 4.69) is 10.5 Å². The zero-order chi connectivity index (χ0) is 20.4. The van der Waals surface area contributed by atoms with Gasteiger partial charge in [0.1, 0.15) is 11.6 Å². The van der Waals surface area contributed by atoms with Crippen LogP contribution in [-0.4, -0.2) is 17.2 Å². The Hall–Kier alpha value is -2.69. The highest BCUT2D eigenvalue weighted by Crippen LogP contribution is 2.39. The highest BCUT2D eigenvalue weighted by Gasteiger charge is 2.26. The first-order valence-corrected chi connectivity index (χ1v) is 8.86. The summed E-state index contributed by atoms with van der Waals surface area (Å²) in [4.78, 5) is 12.1. The van der Waals surface area contributed by atoms with Gasteiger partial charge in [-0.3, -0.25) is 4.79 Å². The van der Waals surface area contributed by atoms with Crippen molar-refractivity contribution in [3.63, 3.8) is 0 Å². The van der Waals surface area contributed by atoms with Gasteiger partial charge in [0.15, 0.2) is 0 Å². The van der Waals surface area contributed by atoms with Crippen molar-refractivity contribution in [1.82, 2.24) is 5.43 Å². The molecule has 0 saturated carbocycles. The predicted molar refractivity (Wildman–Crippen MR) is 107 cm³/mol. The van der Waals surface area contributed by atoms with Crippen LogP contribution in [0.15, 0.2) is 41.5 Å². The normalized spacial score (nSPS) is 12.4. The first-order chi connectivity index (χ1) is 12.4. The third-order valence-corrected chi connectivity index (χ3v) is 4.23. The van der Waals surface area contributed by atoms with E-state index in [0.29, 0.717) is 11.3 Å². The van der Waals surface area contributed by atoms with Crippen molar-refractivity contribution in [3.05, 3.63) is 64.5 Å². The largest absolute Gasteiger partial charge is 0.507 e. The molecule has 0 spiro atoms. The van der Waals surface area contributed by atoms with Gasteiger partial charge in [-0.1, -0.05) is 41.5 Å². The van der Waals surface area contributed by atoms with E-state index in [1.54, 1.807) is 6.21 Å². The molecule has 2 N–H and O–H groups in total. The Labute approximate surface area is 160 Å². The first kappa shape index (κ1) is 20.6. The summed E-state index contributed by atoms with van der Waals surface area (Å²) in [5, 5.41) is 14.7. The summed E-state index contributed by atoms with van der Waals surface area (Å²) >= 11 is 0. The van der Waals surface area contributed by atoms with E-state index >= 15 is 0 Å². The summed E-state index contributed by atoms with van der Waals surface area (Å²) in [6, 6.07) is 9.00. The number of hydrogen-bond acceptors (Lipinski definition) is 3. The van der Waals surface area contributed by atoms with Crippen LogP contribution in [0.1, 0.15) is 68.6 Å². The molecule has 0 unspecified atom stereocenters. The lowest BCUT2D eigenvalue weighted by Crippen LogP contribution is -2.19. The van der Waals surface area contributed by atoms with E-state index < -0.39 is 11.7 Å². The molecule has 0 heterocycles. The zero-order valence-corrected chi connectivity index (χ0v) is 16.7. The number of phenolic OH excluding ortho intramolecular Hbond substituents is 1. The van der Waals surface area contributed by atoms with Gasteiger partial charge >= 0.3 is 0 Å². The van der Waals surface area contributed by atoms with Crippen molar-refractivity contribution >= 4 is 12.1 Å². The molecular weight excluding hydrogens is 343 g/mol. The lowest BCUT2D eigenvalue weighted by Gasteiger charge is -2.27. The molecule has 0 aromatic heterocycles. The van der Waals surface area contributed by atoms with Crippen LogP contribution >= 0.6 is 0 Å². The molecule has 0 fully saturated rings. The molecule has 2 aromatic rings. The highest BCUT2D eigenvalue weighted by atomic mass is 19.1. The molecule has 0 aliphatic carbocycles. The number of hydrazone groups is 1. The number of carbonyl (C=O) groups excluding carboxylic acids is 1. The second-order valence-electron chi connectivity index (χ2n) is 8.67. The third-order valence-electron chi connectivity index (χ3n) is 4.23. The van der Waals surface area contributed by atoms with Gasteiger partial charge < -0.3 is 5.11 Å². The molecule has 27 heavy (non-hydrogen) atoms. The Kier molecular flexibility index (Phi) is 5.73. The summed E-state index contributed by atoms with van der Waals surface area (Å²) in [5.74, 6) is -0.525. The lowest BCUT2D eigenvalue weighted by atomic mass is 9.78. The van der Waals surface area contributed by atoms with Crippen molar-refractivity contribution in [2.24, 2.45) is 5.10 Å². The molecule has 0 aliphatic rings. The van der Waals surface area contributed by atoms with Crippen molar-refractivity contribution < 1.29 is 14.3 Å². The van der Waals surface area contributed by atoms with E-state index in [0.717, 1.165) is 16.7 Å². The Bertz CT molecular complexity index is 822. The molecule has 1 amide bonds. The number of halogens is 1. The Morgan fingerprint density at radius 1 is 1.00 bits per heavy atom. The van der Waals surface area contributed by atoms with E-state index in [9.17, 15) is 14.3 Å². The van der Waals surface area contributed by atoms with Gasteiger partial charge in [0.2, 0.25) is 0 Å². The minimum absolute atomic E-state index is 0.245. The molecule has 0 saturated heterocycles. The fraction of sp³-hybridized carbons (Fsp3) is 0.364. The molecule has 0 bridgehead atoms. The number of hydrogen-bond donors (Lipinski definition) is 2. The van der Waals surface area contributed by atoms with Gasteiger partial charge in [-0.25, -0.2) is 9.82 Å². The second-order valence-corrected chi connectivity index (χ2v) is 8.67. The van der Waals surface area contributed by atoms with Gasteiger partial charge in [-0.2, -0.15) is 5.10 Å². The molecule has 0 radical (unpaired) electrons. The average Bonchev–Trinajstić information content (AvgIpc) is 2.54. The van der Waals surface area contributed by atoms with E-state index in [4.69, 9.17) is 0 Å². The third kappa shape index (κ3) is 5.16. The minimum Gasteiger partial charge on any atom is -0.507 e. The molecule has 144 valence electrons. The van der Waals surface area contributed by atoms with Crippen LogP contribution in [0.3, 0.4) is 0 Å². The molecule has 2 aromatic carbocycles. The average molecular weight is 370 g/mol. The molecule has 0 aliphatic heterocycles. The smallest absolute Gasteiger partial charge is 0.271 e. The Balaban J connectivity index is 2.31. The number of amides is 1. The predicted octanol–water partition coefficient (Wildman–Crippen LogP) is 4.89. The van der Waals surface area contributed by atoms with Gasteiger partial charge in [-0.15, -0.1) is 0 Å². The molecular formula is C22H27FN2O2. The van der Waals surface area contributed by atoms with Gasteiger partial charge in [0.25, 0.3) is 5.91 Å². The summed E-state index contributed by atoms with van der Waals surface area (Å²) in [6.07, 6.45) is 1.55. The van der Waals surface area contributed by atoms with Gasteiger partial charge in [0, 0.05) is 16.7 Å². The topological polar surface area (TPSA) is 61.7 Å². The number of rotatable bonds is 3. The lowest BCUT2D eigenvalue weighted by molar-refractivity contribution is 0.0955. The maximum absolute atomic E-state index is 12.9. The summed E-state index contributed by atoms with van der Waals surface area (Å²) < 4.78 is 12.9. The minimum atomic E-state index is -0.419. The fourth-order valence-electron chi connectivity index (χ4n) is 2.71. The maximum Gasteiger partial charge on any atom is 0.271 e. The Morgan fingerprint density at radius 3 is 1.93 bits per heavy atom. The van der Waals surface area contributed by atoms with Crippen molar-refractivity contribution in [1.29, 1.82) is 0 Å². The molecule has 5 heteroatoms. The van der Waals surface area contributed by atoms with E-state index in [-0.39, 0.29) is 10.8 Å². The van der Waals surface area contributed by atoms with E-state index in [1.807, 2.05) is 53.7 Å². The number of benzene rings is 2. The number of phenols is 1. The van der Waals surface area contributed by atoms with Crippen LogP contribution in [-0.2, 0) is 10.8 Å². The summed E-state index contributed by atoms with van der Waals surface area (Å²) in [7, 11) is 0. The van der Waals surface area contributed by atoms with Crippen molar-refractivity contribution in [2.45, 2.75) is 52.4 Å². The van der Waals surface area contributed by atoms with E-state index in [1.165, 1.54) is 24.3 Å². The van der Waals surface area contributed by atoms with Gasteiger partial charge in [-0.05, 0) is 52.8 Å². The van der Waals surface area contributed by atoms with Crippen molar-refractivity contribution in [2.75, 3.05) is 0 Å². The number of nitrogens with one attached hydrogen (secondary N) is 1. The van der Waals surface area contributed by atoms with Crippen LogP contribution in [0, 0.1) is 5.82 Å². The molecule has 0 atom stereocenters.